The molecule has 0 atom stereocenters. The van der Waals surface area contributed by atoms with Gasteiger partial charge in [-0.25, -0.2) is 8.42 Å². The number of carbonyl (C=O) groups excluding carboxylic acids is 1. The minimum atomic E-state index is -3.85. The Kier molecular flexibility index (Phi) is 6.80. The molecule has 6 heteroatoms. The number of sulfonamides is 1. The van der Waals surface area contributed by atoms with Crippen LogP contribution in [0.15, 0.2) is 88.4 Å². The Balaban J connectivity index is 2.00. The molecular formula is C23H23NO4S. The molecule has 0 amide bonds. The van der Waals surface area contributed by atoms with Gasteiger partial charge in [0, 0.05) is 13.0 Å². The van der Waals surface area contributed by atoms with Crippen molar-refractivity contribution in [3.63, 3.8) is 0 Å². The van der Waals surface area contributed by atoms with Crippen LogP contribution in [-0.4, -0.2) is 18.5 Å². The molecule has 0 radical (unpaired) electrons. The first-order valence-electron chi connectivity index (χ1n) is 9.37. The van der Waals surface area contributed by atoms with Gasteiger partial charge < -0.3 is 4.42 Å². The molecule has 3 aromatic rings. The Bertz CT molecular complexity index is 1070. The van der Waals surface area contributed by atoms with Gasteiger partial charge in [0.05, 0.1) is 17.7 Å². The summed E-state index contributed by atoms with van der Waals surface area (Å²) in [6.45, 7) is 2.08. The van der Waals surface area contributed by atoms with Gasteiger partial charge in [-0.05, 0) is 35.4 Å². The second-order valence-corrected chi connectivity index (χ2v) is 8.44. The van der Waals surface area contributed by atoms with E-state index < -0.39 is 10.0 Å². The number of ketones is 1. The SMILES string of the molecule is CCC(=O)/C=C/c1ccccc1S(=O)(=O)N(Cc1ccccc1)Cc1ccco1. The van der Waals surface area contributed by atoms with E-state index in [4.69, 9.17) is 4.42 Å². The van der Waals surface area contributed by atoms with Crippen LogP contribution >= 0.6 is 0 Å². The maximum absolute atomic E-state index is 13.6. The zero-order valence-electron chi connectivity index (χ0n) is 16.2. The topological polar surface area (TPSA) is 67.6 Å². The van der Waals surface area contributed by atoms with E-state index in [1.165, 1.54) is 16.6 Å². The van der Waals surface area contributed by atoms with E-state index in [1.807, 2.05) is 30.3 Å². The van der Waals surface area contributed by atoms with Crippen LogP contribution in [0.4, 0.5) is 0 Å². The van der Waals surface area contributed by atoms with Crippen LogP contribution in [0.3, 0.4) is 0 Å². The lowest BCUT2D eigenvalue weighted by atomic mass is 10.2. The van der Waals surface area contributed by atoms with Crippen molar-refractivity contribution >= 4 is 21.9 Å². The van der Waals surface area contributed by atoms with Crippen molar-refractivity contribution in [3.8, 4) is 0 Å². The number of furan rings is 1. The summed E-state index contributed by atoms with van der Waals surface area (Å²) in [6, 6.07) is 19.6. The van der Waals surface area contributed by atoms with Gasteiger partial charge in [-0.15, -0.1) is 0 Å². The molecule has 150 valence electrons. The minimum absolute atomic E-state index is 0.0612. The van der Waals surface area contributed by atoms with E-state index in [0.717, 1.165) is 5.56 Å². The molecular weight excluding hydrogens is 386 g/mol. The van der Waals surface area contributed by atoms with E-state index in [-0.39, 0.29) is 23.8 Å². The Morgan fingerprint density at radius 2 is 1.69 bits per heavy atom. The molecule has 0 aliphatic rings. The van der Waals surface area contributed by atoms with Crippen molar-refractivity contribution in [2.45, 2.75) is 31.3 Å². The van der Waals surface area contributed by atoms with Gasteiger partial charge in [0.15, 0.2) is 5.78 Å². The summed E-state index contributed by atoms with van der Waals surface area (Å²) in [6.07, 6.45) is 4.87. The van der Waals surface area contributed by atoms with Crippen molar-refractivity contribution in [1.82, 2.24) is 4.31 Å². The second kappa shape index (κ2) is 9.49. The average Bonchev–Trinajstić information content (AvgIpc) is 3.25. The molecule has 0 aliphatic carbocycles. The molecule has 0 bridgehead atoms. The van der Waals surface area contributed by atoms with Crippen LogP contribution in [0.1, 0.15) is 30.2 Å². The molecule has 0 fully saturated rings. The predicted molar refractivity (Wildman–Crippen MR) is 112 cm³/mol. The predicted octanol–water partition coefficient (Wildman–Crippen LogP) is 4.66. The van der Waals surface area contributed by atoms with E-state index in [9.17, 15) is 13.2 Å². The maximum Gasteiger partial charge on any atom is 0.244 e. The van der Waals surface area contributed by atoms with Gasteiger partial charge in [0.25, 0.3) is 0 Å². The summed E-state index contributed by atoms with van der Waals surface area (Å²) in [5.41, 5.74) is 1.35. The number of allylic oxidation sites excluding steroid dienone is 1. The third-order valence-electron chi connectivity index (χ3n) is 4.45. The van der Waals surface area contributed by atoms with Gasteiger partial charge in [0.2, 0.25) is 10.0 Å². The van der Waals surface area contributed by atoms with Crippen LogP contribution in [-0.2, 0) is 27.9 Å². The van der Waals surface area contributed by atoms with E-state index >= 15 is 0 Å². The molecule has 1 heterocycles. The molecule has 0 saturated heterocycles. The Morgan fingerprint density at radius 3 is 2.38 bits per heavy atom. The van der Waals surface area contributed by atoms with Crippen molar-refractivity contribution in [3.05, 3.63) is 96.0 Å². The van der Waals surface area contributed by atoms with E-state index in [1.54, 1.807) is 49.4 Å². The van der Waals surface area contributed by atoms with Gasteiger partial charge in [0.1, 0.15) is 5.76 Å². The third-order valence-corrected chi connectivity index (χ3v) is 6.31. The van der Waals surface area contributed by atoms with Crippen LogP contribution in [0.25, 0.3) is 6.08 Å². The van der Waals surface area contributed by atoms with E-state index in [0.29, 0.717) is 17.7 Å². The zero-order chi connectivity index (χ0) is 20.7. The fourth-order valence-corrected chi connectivity index (χ4v) is 4.46. The van der Waals surface area contributed by atoms with Crippen molar-refractivity contribution < 1.29 is 17.6 Å². The standard InChI is InChI=1S/C23H23NO4S/c1-2-21(25)15-14-20-11-6-7-13-23(20)29(26,27)24(18-22-12-8-16-28-22)17-19-9-4-3-5-10-19/h3-16H,2,17-18H2,1H3/b15-14+. The molecule has 3 rings (SSSR count). The van der Waals surface area contributed by atoms with Gasteiger partial charge in [-0.2, -0.15) is 4.31 Å². The first kappa shape index (κ1) is 20.8. The first-order chi connectivity index (χ1) is 14.0. The number of benzene rings is 2. The van der Waals surface area contributed by atoms with Crippen LogP contribution < -0.4 is 0 Å². The highest BCUT2D eigenvalue weighted by atomic mass is 32.2. The van der Waals surface area contributed by atoms with Crippen LogP contribution in [0.5, 0.6) is 0 Å². The first-order valence-corrected chi connectivity index (χ1v) is 10.8. The fourth-order valence-electron chi connectivity index (χ4n) is 2.88. The monoisotopic (exact) mass is 409 g/mol. The molecule has 2 aromatic carbocycles. The normalized spacial score (nSPS) is 11.9. The minimum Gasteiger partial charge on any atom is -0.468 e. The van der Waals surface area contributed by atoms with Crippen molar-refractivity contribution in [2.75, 3.05) is 0 Å². The summed E-state index contributed by atoms with van der Waals surface area (Å²) in [4.78, 5) is 11.8. The van der Waals surface area contributed by atoms with Gasteiger partial charge in [-0.1, -0.05) is 61.5 Å². The van der Waals surface area contributed by atoms with Crippen LogP contribution in [0.2, 0.25) is 0 Å². The number of carbonyl (C=O) groups is 1. The lowest BCUT2D eigenvalue weighted by Crippen LogP contribution is -2.30. The summed E-state index contributed by atoms with van der Waals surface area (Å²) < 4.78 is 33.9. The van der Waals surface area contributed by atoms with Crippen molar-refractivity contribution in [1.29, 1.82) is 0 Å². The molecule has 1 aromatic heterocycles. The Labute approximate surface area is 171 Å². The van der Waals surface area contributed by atoms with E-state index in [2.05, 4.69) is 0 Å². The largest absolute Gasteiger partial charge is 0.468 e. The highest BCUT2D eigenvalue weighted by Crippen LogP contribution is 2.25. The highest BCUT2D eigenvalue weighted by Gasteiger charge is 2.27. The molecule has 29 heavy (non-hydrogen) atoms. The van der Waals surface area contributed by atoms with Crippen LogP contribution in [0, 0.1) is 0 Å². The molecule has 0 saturated carbocycles. The lowest BCUT2D eigenvalue weighted by Gasteiger charge is -2.22. The number of hydrogen-bond donors (Lipinski definition) is 0. The summed E-state index contributed by atoms with van der Waals surface area (Å²) in [5.74, 6) is 0.493. The molecule has 5 nitrogen and oxygen atoms in total. The summed E-state index contributed by atoms with van der Waals surface area (Å²) in [7, 11) is -3.85. The molecule has 0 unspecified atom stereocenters. The third kappa shape index (κ3) is 5.31. The summed E-state index contributed by atoms with van der Waals surface area (Å²) >= 11 is 0. The quantitative estimate of drug-likeness (QED) is 0.482. The smallest absolute Gasteiger partial charge is 0.244 e. The van der Waals surface area contributed by atoms with Crippen molar-refractivity contribution in [2.24, 2.45) is 0 Å². The van der Waals surface area contributed by atoms with Gasteiger partial charge in [-0.3, -0.25) is 4.79 Å². The number of hydrogen-bond acceptors (Lipinski definition) is 4. The Hall–Kier alpha value is -2.96. The molecule has 0 N–H and O–H groups in total. The molecule has 0 spiro atoms. The average molecular weight is 410 g/mol. The molecule has 0 aliphatic heterocycles. The zero-order valence-corrected chi connectivity index (χ0v) is 17.0. The number of nitrogens with zero attached hydrogens (tertiary/aromatic N) is 1. The second-order valence-electron chi connectivity index (χ2n) is 6.53. The lowest BCUT2D eigenvalue weighted by molar-refractivity contribution is -0.114. The maximum atomic E-state index is 13.6. The highest BCUT2D eigenvalue weighted by molar-refractivity contribution is 7.89. The van der Waals surface area contributed by atoms with Gasteiger partial charge >= 0.3 is 0 Å². The Morgan fingerprint density at radius 1 is 0.966 bits per heavy atom. The summed E-state index contributed by atoms with van der Waals surface area (Å²) in [5, 5.41) is 0. The number of rotatable bonds is 9. The fraction of sp³-hybridized carbons (Fsp3) is 0.174.